The predicted octanol–water partition coefficient (Wildman–Crippen LogP) is 11.7. The maximum atomic E-state index is 4.93. The van der Waals surface area contributed by atoms with Crippen molar-refractivity contribution in [1.82, 2.24) is 0 Å². The van der Waals surface area contributed by atoms with E-state index in [1.165, 1.54) is 49.4 Å². The van der Waals surface area contributed by atoms with Crippen molar-refractivity contribution >= 4 is 48.1 Å². The minimum atomic E-state index is -0.826. The van der Waals surface area contributed by atoms with E-state index in [4.69, 9.17) is 17.0 Å². The fourth-order valence-corrected chi connectivity index (χ4v) is 4.29. The van der Waals surface area contributed by atoms with E-state index in [-0.39, 0.29) is 5.41 Å². The van der Waals surface area contributed by atoms with Crippen LogP contribution in [0.2, 0.25) is 13.1 Å². The normalized spacial score (nSPS) is 10.6. The van der Waals surface area contributed by atoms with Crippen LogP contribution in [0.15, 0.2) is 91.0 Å². The molecule has 0 spiro atoms. The summed E-state index contributed by atoms with van der Waals surface area (Å²) in [5, 5.41) is 5.41. The van der Waals surface area contributed by atoms with Gasteiger partial charge in [-0.1, -0.05) is 96.6 Å². The molecule has 0 unspecified atom stereocenters. The Morgan fingerprint density at radius 2 is 1.37 bits per heavy atom. The zero-order chi connectivity index (χ0) is 28.3. The third kappa shape index (κ3) is 9.63. The molecule has 38 heavy (non-hydrogen) atoms. The average Bonchev–Trinajstić information content (AvgIpc) is 3.48. The van der Waals surface area contributed by atoms with Gasteiger partial charge in [0.1, 0.15) is 0 Å². The minimum absolute atomic E-state index is 0.210. The molecule has 5 aromatic carbocycles. The van der Waals surface area contributed by atoms with Crippen LogP contribution in [-0.2, 0) is 26.3 Å². The van der Waals surface area contributed by atoms with Crippen LogP contribution in [0, 0.1) is 6.92 Å². The number of halogens is 2. The molecule has 0 amide bonds. The topological polar surface area (TPSA) is 0 Å². The molecule has 198 valence electrons. The molecule has 0 aliphatic heterocycles. The molecule has 0 heterocycles. The average molecular weight is 639 g/mol. The van der Waals surface area contributed by atoms with Gasteiger partial charge in [0, 0.05) is 9.52 Å². The summed E-state index contributed by atoms with van der Waals surface area (Å²) in [6.45, 7) is 17.7. The van der Waals surface area contributed by atoms with Crippen LogP contribution >= 0.6 is 17.0 Å². The number of benzene rings is 3. The Hall–Kier alpha value is -1.44. The molecule has 0 aliphatic rings. The molecule has 4 heteroatoms. The Balaban J connectivity index is 0.000000239. The van der Waals surface area contributed by atoms with E-state index in [0.717, 1.165) is 9.52 Å². The third-order valence-corrected chi connectivity index (χ3v) is 6.26. The van der Waals surface area contributed by atoms with Crippen LogP contribution in [0.3, 0.4) is 0 Å². The van der Waals surface area contributed by atoms with E-state index in [0.29, 0.717) is 5.92 Å². The second-order valence-corrected chi connectivity index (χ2v) is 15.5. The van der Waals surface area contributed by atoms with Gasteiger partial charge in [-0.2, -0.15) is 12.1 Å². The molecule has 0 nitrogen and oxygen atoms in total. The van der Waals surface area contributed by atoms with Gasteiger partial charge in [0.25, 0.3) is 0 Å². The number of fused-ring (bicyclic) bond motifs is 2. The SMILES string of the molecule is CC(C)c1cc2ccccc2[cH-]1.C[Si]C.Cc1cc2c(-c3ccc(C(C)(C)C)cc3)cccc2[cH-]1.[Cl][Zr+2][Cl]. The fraction of sp³-hybridized carbons (Fsp3) is 0.294. The van der Waals surface area contributed by atoms with Crippen molar-refractivity contribution in [3.05, 3.63) is 108 Å². The van der Waals surface area contributed by atoms with E-state index in [1.807, 2.05) is 0 Å². The first-order chi connectivity index (χ1) is 18.0. The zero-order valence-electron chi connectivity index (χ0n) is 24.0. The van der Waals surface area contributed by atoms with Crippen molar-refractivity contribution in [2.24, 2.45) is 0 Å². The molecule has 0 aliphatic carbocycles. The Morgan fingerprint density at radius 1 is 0.789 bits per heavy atom. The van der Waals surface area contributed by atoms with E-state index >= 15 is 0 Å². The molecule has 0 fully saturated rings. The van der Waals surface area contributed by atoms with E-state index in [9.17, 15) is 0 Å². The molecule has 0 saturated heterocycles. The quantitative estimate of drug-likeness (QED) is 0.133. The molecular formula is C34H40Cl2SiZr. The van der Waals surface area contributed by atoms with Gasteiger partial charge in [-0.3, -0.25) is 0 Å². The number of hydrogen-bond donors (Lipinski definition) is 0. The van der Waals surface area contributed by atoms with Crippen LogP contribution in [-0.4, -0.2) is 9.52 Å². The van der Waals surface area contributed by atoms with Crippen LogP contribution in [0.1, 0.15) is 57.2 Å². The zero-order valence-corrected chi connectivity index (χ0v) is 29.0. The van der Waals surface area contributed by atoms with Crippen molar-refractivity contribution in [2.75, 3.05) is 0 Å². The molecule has 0 saturated carbocycles. The Morgan fingerprint density at radius 3 is 1.92 bits per heavy atom. The van der Waals surface area contributed by atoms with Gasteiger partial charge >= 0.3 is 37.9 Å². The third-order valence-electron chi connectivity index (χ3n) is 6.26. The van der Waals surface area contributed by atoms with Gasteiger partial charge in [-0.25, -0.2) is 0 Å². The van der Waals surface area contributed by atoms with Gasteiger partial charge in [0.2, 0.25) is 0 Å². The Labute approximate surface area is 252 Å². The summed E-state index contributed by atoms with van der Waals surface area (Å²) in [5.74, 6) is 0.636. The monoisotopic (exact) mass is 636 g/mol. The molecule has 5 rings (SSSR count). The summed E-state index contributed by atoms with van der Waals surface area (Å²) in [6.07, 6.45) is 0. The first-order valence-electron chi connectivity index (χ1n) is 13.0. The molecule has 2 radical (unpaired) electrons. The summed E-state index contributed by atoms with van der Waals surface area (Å²) in [6, 6.07) is 33.2. The van der Waals surface area contributed by atoms with E-state index in [1.54, 1.807) is 0 Å². The molecular weight excluding hydrogens is 599 g/mol. The molecule has 0 aromatic heterocycles. The predicted molar refractivity (Wildman–Crippen MR) is 171 cm³/mol. The number of rotatable bonds is 2. The van der Waals surface area contributed by atoms with Crippen molar-refractivity contribution in [1.29, 1.82) is 0 Å². The summed E-state index contributed by atoms with van der Waals surface area (Å²) in [5.41, 5.74) is 6.99. The standard InChI is InChI=1S/C20H21.C12H13.C2H6Si.2ClH.Zr/c1-14-12-16-6-5-7-18(19(16)13-14)15-8-10-17(11-9-15)20(2,3)4;1-9(2)12-7-10-5-3-4-6-11(10)8-12;1-3-2;;;/h5-13H,1-4H3;3-9H,1-2H3;1-2H3;2*1H;/q2*-1;;;;+4/p-2. The summed E-state index contributed by atoms with van der Waals surface area (Å²) >= 11 is -0.826. The maximum absolute atomic E-state index is 4.93. The molecule has 5 aromatic rings. The fourth-order valence-electron chi connectivity index (χ4n) is 4.29. The van der Waals surface area contributed by atoms with Crippen molar-refractivity contribution in [3.8, 4) is 11.1 Å². The molecule has 0 bridgehead atoms. The van der Waals surface area contributed by atoms with Gasteiger partial charge < -0.3 is 0 Å². The number of hydrogen-bond acceptors (Lipinski definition) is 0. The second kappa shape index (κ2) is 16.0. The van der Waals surface area contributed by atoms with Gasteiger partial charge in [-0.05, 0) is 22.5 Å². The van der Waals surface area contributed by atoms with Crippen LogP contribution in [0.5, 0.6) is 0 Å². The van der Waals surface area contributed by atoms with Gasteiger partial charge in [-0.15, -0.1) is 75.1 Å². The van der Waals surface area contributed by atoms with E-state index in [2.05, 4.69) is 146 Å². The van der Waals surface area contributed by atoms with E-state index < -0.39 is 20.8 Å². The van der Waals surface area contributed by atoms with Crippen LogP contribution < -0.4 is 0 Å². The molecule has 0 atom stereocenters. The summed E-state index contributed by atoms with van der Waals surface area (Å²) in [7, 11) is 11.0. The number of aryl methyl sites for hydroxylation is 1. The van der Waals surface area contributed by atoms with Gasteiger partial charge in [0.15, 0.2) is 0 Å². The Kier molecular flexibility index (Phi) is 13.8. The summed E-state index contributed by atoms with van der Waals surface area (Å²) < 4.78 is 0. The van der Waals surface area contributed by atoms with Crippen LogP contribution in [0.4, 0.5) is 0 Å². The first-order valence-corrected chi connectivity index (χ1v) is 21.4. The first kappa shape index (κ1) is 32.8. The second-order valence-electron chi connectivity index (χ2n) is 10.8. The van der Waals surface area contributed by atoms with Crippen LogP contribution in [0.25, 0.3) is 32.7 Å². The molecule has 0 N–H and O–H groups in total. The van der Waals surface area contributed by atoms with Crippen molar-refractivity contribution in [3.63, 3.8) is 0 Å². The Bertz CT molecular complexity index is 1340. The van der Waals surface area contributed by atoms with Crippen molar-refractivity contribution < 1.29 is 20.8 Å². The van der Waals surface area contributed by atoms with Gasteiger partial charge in [0.05, 0.1) is 0 Å². The summed E-state index contributed by atoms with van der Waals surface area (Å²) in [4.78, 5) is 0. The van der Waals surface area contributed by atoms with Crippen molar-refractivity contribution in [2.45, 2.75) is 66.0 Å².